The van der Waals surface area contributed by atoms with E-state index in [2.05, 4.69) is 35.8 Å². The Hall–Kier alpha value is -0.540. The van der Waals surface area contributed by atoms with Gasteiger partial charge in [-0.15, -0.1) is 0 Å². The van der Waals surface area contributed by atoms with Gasteiger partial charge in [-0.25, -0.2) is 0 Å². The molecule has 1 aromatic rings. The van der Waals surface area contributed by atoms with Crippen LogP contribution in [0.1, 0.15) is 32.3 Å². The van der Waals surface area contributed by atoms with Crippen molar-refractivity contribution < 1.29 is 4.74 Å². The molecule has 0 radical (unpaired) electrons. The fraction of sp³-hybridized carbons (Fsp3) is 0.538. The Balaban J connectivity index is 2.53. The Labute approximate surface area is 105 Å². The molecule has 0 aromatic heterocycles. The van der Waals surface area contributed by atoms with E-state index < -0.39 is 0 Å². The summed E-state index contributed by atoms with van der Waals surface area (Å²) in [6.07, 6.45) is 2.28. The van der Waals surface area contributed by atoms with Gasteiger partial charge in [0.15, 0.2) is 0 Å². The van der Waals surface area contributed by atoms with E-state index in [0.717, 1.165) is 23.1 Å². The number of halogens is 1. The molecule has 0 amide bonds. The van der Waals surface area contributed by atoms with E-state index in [4.69, 9.17) is 10.5 Å². The van der Waals surface area contributed by atoms with Crippen LogP contribution in [-0.2, 0) is 5.41 Å². The summed E-state index contributed by atoms with van der Waals surface area (Å²) in [5, 5.41) is 0. The van der Waals surface area contributed by atoms with E-state index in [9.17, 15) is 0 Å². The number of methoxy groups -OCH3 is 1. The second-order valence-electron chi connectivity index (χ2n) is 5.12. The molecule has 3 heteroatoms. The molecule has 2 nitrogen and oxygen atoms in total. The molecule has 88 valence electrons. The molecule has 2 N–H and O–H groups in total. The standard InChI is InChI=1S/C13H18BrNO/c1-12(2,15)13(7-8-13)9-5-4-6-10(14)11(9)16-3/h4-6H,7-8,15H2,1-3H3. The van der Waals surface area contributed by atoms with Gasteiger partial charge in [-0.05, 0) is 48.7 Å². The second-order valence-corrected chi connectivity index (χ2v) is 5.98. The lowest BCUT2D eigenvalue weighted by Crippen LogP contribution is -2.45. The van der Waals surface area contributed by atoms with E-state index in [0.29, 0.717) is 0 Å². The third-order valence-electron chi connectivity index (χ3n) is 3.67. The lowest BCUT2D eigenvalue weighted by Gasteiger charge is -2.32. The predicted octanol–water partition coefficient (Wildman–Crippen LogP) is 3.23. The first-order valence-corrected chi connectivity index (χ1v) is 6.33. The van der Waals surface area contributed by atoms with Crippen LogP contribution in [0.5, 0.6) is 5.75 Å². The number of benzene rings is 1. The summed E-state index contributed by atoms with van der Waals surface area (Å²) in [6.45, 7) is 4.20. The highest BCUT2D eigenvalue weighted by Gasteiger charge is 2.55. The summed E-state index contributed by atoms with van der Waals surface area (Å²) >= 11 is 3.53. The highest BCUT2D eigenvalue weighted by Crippen LogP contribution is 2.57. The molecular formula is C13H18BrNO. The SMILES string of the molecule is COc1c(Br)cccc1C1(C(C)(C)N)CC1. The van der Waals surface area contributed by atoms with Crippen LogP contribution >= 0.6 is 15.9 Å². The minimum atomic E-state index is -0.207. The molecule has 0 atom stereocenters. The Bertz CT molecular complexity index is 405. The summed E-state index contributed by atoms with van der Waals surface area (Å²) in [5.74, 6) is 0.929. The number of ether oxygens (including phenoxy) is 1. The highest BCUT2D eigenvalue weighted by molar-refractivity contribution is 9.10. The van der Waals surface area contributed by atoms with Crippen LogP contribution in [0.3, 0.4) is 0 Å². The average molecular weight is 284 g/mol. The Morgan fingerprint density at radius 1 is 1.38 bits per heavy atom. The molecule has 0 heterocycles. The van der Waals surface area contributed by atoms with Crippen LogP contribution < -0.4 is 10.5 Å². The Morgan fingerprint density at radius 3 is 2.44 bits per heavy atom. The van der Waals surface area contributed by atoms with Gasteiger partial charge in [-0.2, -0.15) is 0 Å². The zero-order valence-electron chi connectivity index (χ0n) is 10.0. The number of rotatable bonds is 3. The molecule has 2 rings (SSSR count). The lowest BCUT2D eigenvalue weighted by molar-refractivity contribution is 0.358. The largest absolute Gasteiger partial charge is 0.495 e. The monoisotopic (exact) mass is 283 g/mol. The van der Waals surface area contributed by atoms with E-state index in [-0.39, 0.29) is 11.0 Å². The summed E-state index contributed by atoms with van der Waals surface area (Å²) in [6, 6.07) is 6.18. The van der Waals surface area contributed by atoms with Crippen molar-refractivity contribution in [3.8, 4) is 5.75 Å². The van der Waals surface area contributed by atoms with Crippen molar-refractivity contribution in [1.29, 1.82) is 0 Å². The fourth-order valence-electron chi connectivity index (χ4n) is 2.48. The zero-order chi connectivity index (χ0) is 12.0. The van der Waals surface area contributed by atoms with E-state index in [1.165, 1.54) is 5.56 Å². The summed E-state index contributed by atoms with van der Waals surface area (Å²) in [4.78, 5) is 0. The molecule has 0 spiro atoms. The lowest BCUT2D eigenvalue weighted by atomic mass is 9.79. The molecule has 0 bridgehead atoms. The highest BCUT2D eigenvalue weighted by atomic mass is 79.9. The van der Waals surface area contributed by atoms with Gasteiger partial charge >= 0.3 is 0 Å². The van der Waals surface area contributed by atoms with Crippen LogP contribution in [0.25, 0.3) is 0 Å². The Morgan fingerprint density at radius 2 is 2.00 bits per heavy atom. The second kappa shape index (κ2) is 3.74. The van der Waals surface area contributed by atoms with Crippen LogP contribution in [0.15, 0.2) is 22.7 Å². The summed E-state index contributed by atoms with van der Waals surface area (Å²) in [5.41, 5.74) is 7.42. The maximum atomic E-state index is 6.31. The minimum Gasteiger partial charge on any atom is -0.495 e. The molecule has 16 heavy (non-hydrogen) atoms. The maximum Gasteiger partial charge on any atom is 0.136 e. The zero-order valence-corrected chi connectivity index (χ0v) is 11.6. The summed E-state index contributed by atoms with van der Waals surface area (Å²) in [7, 11) is 1.71. The smallest absolute Gasteiger partial charge is 0.136 e. The van der Waals surface area contributed by atoms with Crippen molar-refractivity contribution >= 4 is 15.9 Å². The van der Waals surface area contributed by atoms with Gasteiger partial charge in [0.05, 0.1) is 11.6 Å². The van der Waals surface area contributed by atoms with Crippen molar-refractivity contribution in [3.63, 3.8) is 0 Å². The normalized spacial score (nSPS) is 18.3. The predicted molar refractivity (Wildman–Crippen MR) is 69.9 cm³/mol. The van der Waals surface area contributed by atoms with Gasteiger partial charge in [-0.1, -0.05) is 12.1 Å². The number of hydrogen-bond acceptors (Lipinski definition) is 2. The van der Waals surface area contributed by atoms with E-state index in [1.807, 2.05) is 12.1 Å². The minimum absolute atomic E-state index is 0.0854. The van der Waals surface area contributed by atoms with Crippen molar-refractivity contribution in [1.82, 2.24) is 0 Å². The summed E-state index contributed by atoms with van der Waals surface area (Å²) < 4.78 is 6.50. The van der Waals surface area contributed by atoms with Crippen LogP contribution in [0.2, 0.25) is 0 Å². The van der Waals surface area contributed by atoms with E-state index >= 15 is 0 Å². The first kappa shape index (κ1) is 11.9. The number of nitrogens with two attached hydrogens (primary N) is 1. The molecule has 1 aliphatic rings. The van der Waals surface area contributed by atoms with Gasteiger partial charge in [0.2, 0.25) is 0 Å². The van der Waals surface area contributed by atoms with Gasteiger partial charge < -0.3 is 10.5 Å². The van der Waals surface area contributed by atoms with Crippen LogP contribution in [0, 0.1) is 0 Å². The molecule has 0 unspecified atom stereocenters. The van der Waals surface area contributed by atoms with Crippen LogP contribution in [0.4, 0.5) is 0 Å². The first-order chi connectivity index (χ1) is 7.42. The van der Waals surface area contributed by atoms with Gasteiger partial charge in [-0.3, -0.25) is 0 Å². The molecule has 1 saturated carbocycles. The number of para-hydroxylation sites is 1. The Kier molecular flexibility index (Phi) is 2.79. The fourth-order valence-corrected chi connectivity index (χ4v) is 3.01. The molecular weight excluding hydrogens is 266 g/mol. The van der Waals surface area contributed by atoms with Crippen molar-refractivity contribution in [3.05, 3.63) is 28.2 Å². The topological polar surface area (TPSA) is 35.2 Å². The first-order valence-electron chi connectivity index (χ1n) is 5.54. The van der Waals surface area contributed by atoms with Crippen molar-refractivity contribution in [2.45, 2.75) is 37.6 Å². The van der Waals surface area contributed by atoms with Crippen molar-refractivity contribution in [2.24, 2.45) is 5.73 Å². The van der Waals surface area contributed by atoms with Gasteiger partial charge in [0.25, 0.3) is 0 Å². The average Bonchev–Trinajstić information content (AvgIpc) is 2.96. The third kappa shape index (κ3) is 1.66. The third-order valence-corrected chi connectivity index (χ3v) is 4.29. The molecule has 1 aliphatic carbocycles. The molecule has 0 aliphatic heterocycles. The maximum absolute atomic E-state index is 6.31. The van der Waals surface area contributed by atoms with Gasteiger partial charge in [0, 0.05) is 16.5 Å². The molecule has 1 fully saturated rings. The number of hydrogen-bond donors (Lipinski definition) is 1. The molecule has 1 aromatic carbocycles. The van der Waals surface area contributed by atoms with Crippen LogP contribution in [-0.4, -0.2) is 12.6 Å². The van der Waals surface area contributed by atoms with Gasteiger partial charge in [0.1, 0.15) is 5.75 Å². The van der Waals surface area contributed by atoms with Crippen molar-refractivity contribution in [2.75, 3.05) is 7.11 Å². The quantitative estimate of drug-likeness (QED) is 0.925. The molecule has 0 saturated heterocycles. The van der Waals surface area contributed by atoms with E-state index in [1.54, 1.807) is 7.11 Å².